The summed E-state index contributed by atoms with van der Waals surface area (Å²) in [4.78, 5) is 30.4. The van der Waals surface area contributed by atoms with E-state index in [2.05, 4.69) is 17.4 Å². The fourth-order valence-electron chi connectivity index (χ4n) is 4.51. The molecule has 0 radical (unpaired) electrons. The number of rotatable bonds is 4. The molecule has 1 atom stereocenters. The number of Topliss-reactive ketones (excluding diaryl/α,β-unsaturated/α-hetero) is 1. The van der Waals surface area contributed by atoms with Crippen molar-refractivity contribution in [2.24, 2.45) is 10.9 Å². The topological polar surface area (TPSA) is 58.5 Å². The lowest BCUT2D eigenvalue weighted by molar-refractivity contribution is -0.128. The van der Waals surface area contributed by atoms with Crippen LogP contribution < -0.4 is 5.32 Å². The summed E-state index contributed by atoms with van der Waals surface area (Å²) >= 11 is 1.46. The predicted molar refractivity (Wildman–Crippen MR) is 110 cm³/mol. The molecule has 4 nitrogen and oxygen atoms in total. The summed E-state index contributed by atoms with van der Waals surface area (Å²) in [6.45, 7) is 1.89. The normalized spacial score (nSPS) is 28.2. The van der Waals surface area contributed by atoms with Gasteiger partial charge in [0.1, 0.15) is 10.5 Å². The van der Waals surface area contributed by atoms with Gasteiger partial charge in [0.15, 0.2) is 5.17 Å². The van der Waals surface area contributed by atoms with Crippen LogP contribution in [0.25, 0.3) is 0 Å². The molecule has 4 rings (SSSR count). The first kappa shape index (κ1) is 18.7. The third-order valence-electron chi connectivity index (χ3n) is 6.17. The second-order valence-electron chi connectivity index (χ2n) is 8.38. The van der Waals surface area contributed by atoms with Gasteiger partial charge in [-0.2, -0.15) is 0 Å². The standard InChI is InChI=1S/C22H28N2O2S/c1-22(14-19(25)17-12-15-8-6-7-9-16(15)13-17)20(26)24-21(27-22)23-18-10-4-2-3-5-11-18/h6-9,17-18H,2-5,10-14H2,1H3,(H,23,24,26). The number of amides is 1. The molecule has 2 fully saturated rings. The molecule has 1 N–H and O–H groups in total. The maximum Gasteiger partial charge on any atom is 0.242 e. The Kier molecular flexibility index (Phi) is 5.40. The molecule has 144 valence electrons. The lowest BCUT2D eigenvalue weighted by Crippen LogP contribution is -2.37. The van der Waals surface area contributed by atoms with Crippen molar-refractivity contribution >= 4 is 28.6 Å². The molecular formula is C22H28N2O2S. The number of hydrogen-bond acceptors (Lipinski definition) is 4. The van der Waals surface area contributed by atoms with Crippen molar-refractivity contribution in [2.75, 3.05) is 0 Å². The van der Waals surface area contributed by atoms with Gasteiger partial charge < -0.3 is 5.32 Å². The lowest BCUT2D eigenvalue weighted by Gasteiger charge is -2.20. The van der Waals surface area contributed by atoms with Gasteiger partial charge in [-0.1, -0.05) is 61.7 Å². The van der Waals surface area contributed by atoms with Crippen LogP contribution in [-0.4, -0.2) is 27.6 Å². The number of nitrogens with one attached hydrogen (secondary N) is 1. The van der Waals surface area contributed by atoms with Crippen LogP contribution in [0.5, 0.6) is 0 Å². The van der Waals surface area contributed by atoms with Crippen molar-refractivity contribution in [1.29, 1.82) is 0 Å². The highest BCUT2D eigenvalue weighted by molar-refractivity contribution is 8.16. The van der Waals surface area contributed by atoms with E-state index in [4.69, 9.17) is 4.99 Å². The Morgan fingerprint density at radius 1 is 1.15 bits per heavy atom. The number of thioether (sulfide) groups is 1. The zero-order chi connectivity index (χ0) is 18.9. The van der Waals surface area contributed by atoms with Gasteiger partial charge >= 0.3 is 0 Å². The number of hydrogen-bond donors (Lipinski definition) is 1. The van der Waals surface area contributed by atoms with E-state index in [1.165, 1.54) is 48.6 Å². The number of amidine groups is 1. The fourth-order valence-corrected chi connectivity index (χ4v) is 5.64. The van der Waals surface area contributed by atoms with Crippen molar-refractivity contribution in [3.8, 4) is 0 Å². The van der Waals surface area contributed by atoms with Gasteiger partial charge in [0, 0.05) is 12.3 Å². The number of fused-ring (bicyclic) bond motifs is 1. The summed E-state index contributed by atoms with van der Waals surface area (Å²) in [6.07, 6.45) is 9.13. The minimum absolute atomic E-state index is 0.00970. The maximum atomic E-state index is 12.9. The molecule has 1 unspecified atom stereocenters. The van der Waals surface area contributed by atoms with Crippen LogP contribution >= 0.6 is 11.8 Å². The highest BCUT2D eigenvalue weighted by Crippen LogP contribution is 2.38. The van der Waals surface area contributed by atoms with Crippen LogP contribution in [0, 0.1) is 5.92 Å². The number of carbonyl (C=O) groups is 2. The zero-order valence-electron chi connectivity index (χ0n) is 16.0. The van der Waals surface area contributed by atoms with E-state index in [0.717, 1.165) is 30.9 Å². The Labute approximate surface area is 165 Å². The van der Waals surface area contributed by atoms with Crippen molar-refractivity contribution in [2.45, 2.75) is 75.5 Å². The average Bonchev–Trinajstić information content (AvgIpc) is 3.07. The molecule has 1 saturated heterocycles. The van der Waals surface area contributed by atoms with E-state index in [1.807, 2.05) is 19.1 Å². The summed E-state index contributed by atoms with van der Waals surface area (Å²) in [5, 5.41) is 3.67. The SMILES string of the molecule is CC1(CC(=O)C2Cc3ccccc3C2)SC(=NC2CCCCCC2)NC1=O. The van der Waals surface area contributed by atoms with Gasteiger partial charge in [-0.05, 0) is 43.7 Å². The van der Waals surface area contributed by atoms with E-state index < -0.39 is 4.75 Å². The average molecular weight is 385 g/mol. The molecule has 0 bridgehead atoms. The van der Waals surface area contributed by atoms with Crippen LogP contribution in [0.3, 0.4) is 0 Å². The Morgan fingerprint density at radius 2 is 1.78 bits per heavy atom. The highest BCUT2D eigenvalue weighted by Gasteiger charge is 2.45. The Balaban J connectivity index is 1.39. The van der Waals surface area contributed by atoms with Gasteiger partial charge in [0.25, 0.3) is 0 Å². The van der Waals surface area contributed by atoms with Crippen LogP contribution in [0.4, 0.5) is 0 Å². The maximum absolute atomic E-state index is 12.9. The fraction of sp³-hybridized carbons (Fsp3) is 0.591. The molecule has 27 heavy (non-hydrogen) atoms. The molecule has 3 aliphatic rings. The Bertz CT molecular complexity index is 742. The molecule has 5 heteroatoms. The number of ketones is 1. The third kappa shape index (κ3) is 4.13. The summed E-state index contributed by atoms with van der Waals surface area (Å²) < 4.78 is -0.727. The quantitative estimate of drug-likeness (QED) is 0.797. The largest absolute Gasteiger partial charge is 0.304 e. The lowest BCUT2D eigenvalue weighted by atomic mass is 9.92. The minimum Gasteiger partial charge on any atom is -0.304 e. The summed E-state index contributed by atoms with van der Waals surface area (Å²) in [7, 11) is 0. The number of benzene rings is 1. The first-order chi connectivity index (χ1) is 13.0. The number of nitrogens with zero attached hydrogens (tertiary/aromatic N) is 1. The molecule has 2 aliphatic carbocycles. The van der Waals surface area contributed by atoms with E-state index in [1.54, 1.807) is 0 Å². The minimum atomic E-state index is -0.727. The van der Waals surface area contributed by atoms with E-state index in [0.29, 0.717) is 6.04 Å². The molecule has 0 spiro atoms. The third-order valence-corrected chi connectivity index (χ3v) is 7.35. The number of carbonyl (C=O) groups excluding carboxylic acids is 2. The van der Waals surface area contributed by atoms with Crippen LogP contribution in [0.2, 0.25) is 0 Å². The first-order valence-corrected chi connectivity index (χ1v) is 11.0. The molecule has 1 saturated carbocycles. The second-order valence-corrected chi connectivity index (χ2v) is 9.88. The van der Waals surface area contributed by atoms with Gasteiger partial charge in [0.2, 0.25) is 5.91 Å². The first-order valence-electron chi connectivity index (χ1n) is 10.2. The molecule has 0 aromatic heterocycles. The molecular weight excluding hydrogens is 356 g/mol. The zero-order valence-corrected chi connectivity index (χ0v) is 16.8. The van der Waals surface area contributed by atoms with Gasteiger partial charge in [-0.25, -0.2) is 0 Å². The predicted octanol–water partition coefficient (Wildman–Crippen LogP) is 4.06. The van der Waals surface area contributed by atoms with E-state index in [9.17, 15) is 9.59 Å². The summed E-state index contributed by atoms with van der Waals surface area (Å²) in [6, 6.07) is 8.60. The Hall–Kier alpha value is -1.62. The molecule has 1 aliphatic heterocycles. The van der Waals surface area contributed by atoms with Crippen molar-refractivity contribution in [3.63, 3.8) is 0 Å². The monoisotopic (exact) mass is 384 g/mol. The summed E-state index contributed by atoms with van der Waals surface area (Å²) in [5.74, 6) is 0.145. The second kappa shape index (κ2) is 7.78. The van der Waals surface area contributed by atoms with Gasteiger partial charge in [-0.15, -0.1) is 0 Å². The van der Waals surface area contributed by atoms with Gasteiger partial charge in [0.05, 0.1) is 6.04 Å². The van der Waals surface area contributed by atoms with Crippen LogP contribution in [-0.2, 0) is 22.4 Å². The van der Waals surface area contributed by atoms with Crippen LogP contribution in [0.1, 0.15) is 63.0 Å². The Morgan fingerprint density at radius 3 is 2.41 bits per heavy atom. The molecule has 1 heterocycles. The molecule has 1 aromatic rings. The van der Waals surface area contributed by atoms with E-state index in [-0.39, 0.29) is 24.0 Å². The van der Waals surface area contributed by atoms with Crippen LogP contribution in [0.15, 0.2) is 29.3 Å². The van der Waals surface area contributed by atoms with E-state index >= 15 is 0 Å². The molecule has 1 amide bonds. The van der Waals surface area contributed by atoms with Crippen molar-refractivity contribution < 1.29 is 9.59 Å². The number of aliphatic imine (C=N–C) groups is 1. The summed E-state index contributed by atoms with van der Waals surface area (Å²) in [5.41, 5.74) is 2.56. The molecule has 1 aromatic carbocycles. The van der Waals surface area contributed by atoms with Crippen molar-refractivity contribution in [1.82, 2.24) is 5.32 Å². The van der Waals surface area contributed by atoms with Gasteiger partial charge in [-0.3, -0.25) is 14.6 Å². The smallest absolute Gasteiger partial charge is 0.242 e. The van der Waals surface area contributed by atoms with Crippen molar-refractivity contribution in [3.05, 3.63) is 35.4 Å². The highest BCUT2D eigenvalue weighted by atomic mass is 32.2.